The maximum atomic E-state index is 10.2. The fourth-order valence-electron chi connectivity index (χ4n) is 0.390. The fourth-order valence-corrected chi connectivity index (χ4v) is 0.390. The Bertz CT molecular complexity index is 114. The fraction of sp³-hybridized carbons (Fsp3) is 0.600. The molecule has 1 amide bonds. The van der Waals surface area contributed by atoms with Crippen molar-refractivity contribution in [2.24, 2.45) is 11.5 Å². The van der Waals surface area contributed by atoms with Crippen molar-refractivity contribution in [2.45, 2.75) is 18.9 Å². The zero-order chi connectivity index (χ0) is 7.28. The number of carbonyl (C=O) groups excluding carboxylic acids is 2. The van der Waals surface area contributed by atoms with E-state index in [1.165, 1.54) is 0 Å². The van der Waals surface area contributed by atoms with Crippen molar-refractivity contribution in [1.82, 2.24) is 0 Å². The van der Waals surface area contributed by atoms with E-state index in [-0.39, 0.29) is 0 Å². The van der Waals surface area contributed by atoms with E-state index < -0.39 is 11.9 Å². The van der Waals surface area contributed by atoms with Gasteiger partial charge in [0.2, 0.25) is 5.91 Å². The third kappa shape index (κ3) is 3.66. The number of aldehydes is 1. The highest BCUT2D eigenvalue weighted by molar-refractivity contribution is 5.79. The summed E-state index contributed by atoms with van der Waals surface area (Å²) in [5.74, 6) is -0.558. The van der Waals surface area contributed by atoms with E-state index in [1.54, 1.807) is 0 Å². The average Bonchev–Trinajstić information content (AvgIpc) is 1.82. The molecule has 0 bridgehead atoms. The zero-order valence-corrected chi connectivity index (χ0v) is 5.04. The van der Waals surface area contributed by atoms with E-state index >= 15 is 0 Å². The van der Waals surface area contributed by atoms with E-state index in [0.717, 1.165) is 0 Å². The Hall–Kier alpha value is -0.900. The Kier molecular flexibility index (Phi) is 3.62. The molecular formula is C5H10N2O2. The molecule has 0 heterocycles. The maximum Gasteiger partial charge on any atom is 0.234 e. The highest BCUT2D eigenvalue weighted by atomic mass is 16.1. The molecule has 0 radical (unpaired) electrons. The monoisotopic (exact) mass is 130 g/mol. The summed E-state index contributed by atoms with van der Waals surface area (Å²) in [5.41, 5.74) is 9.97. The van der Waals surface area contributed by atoms with E-state index in [0.29, 0.717) is 19.1 Å². The number of primary amides is 1. The minimum absolute atomic E-state index is 0.296. The van der Waals surface area contributed by atoms with Gasteiger partial charge >= 0.3 is 0 Å². The molecule has 0 aliphatic rings. The highest BCUT2D eigenvalue weighted by Gasteiger charge is 2.06. The van der Waals surface area contributed by atoms with Crippen LogP contribution >= 0.6 is 0 Å². The maximum absolute atomic E-state index is 10.2. The van der Waals surface area contributed by atoms with Gasteiger partial charge in [-0.15, -0.1) is 0 Å². The Morgan fingerprint density at radius 2 is 2.22 bits per heavy atom. The lowest BCUT2D eigenvalue weighted by molar-refractivity contribution is -0.119. The molecule has 0 aliphatic carbocycles. The van der Waals surface area contributed by atoms with Gasteiger partial charge in [0.15, 0.2) is 0 Å². The molecule has 9 heavy (non-hydrogen) atoms. The molecule has 0 rings (SSSR count). The van der Waals surface area contributed by atoms with Crippen LogP contribution in [0.1, 0.15) is 12.8 Å². The molecule has 0 saturated carbocycles. The molecule has 4 nitrogen and oxygen atoms in total. The number of nitrogens with two attached hydrogens (primary N) is 2. The second-order valence-electron chi connectivity index (χ2n) is 1.75. The van der Waals surface area contributed by atoms with Crippen LogP contribution in [0.2, 0.25) is 0 Å². The normalized spacial score (nSPS) is 12.6. The largest absolute Gasteiger partial charge is 0.368 e. The molecule has 52 valence electrons. The Labute approximate surface area is 53.2 Å². The minimum atomic E-state index is -0.671. The lowest BCUT2D eigenvalue weighted by Gasteiger charge is -2.01. The third-order valence-electron chi connectivity index (χ3n) is 0.961. The van der Waals surface area contributed by atoms with Gasteiger partial charge in [-0.1, -0.05) is 0 Å². The first-order valence-electron chi connectivity index (χ1n) is 2.67. The summed E-state index contributed by atoms with van der Waals surface area (Å²) in [5, 5.41) is 0. The summed E-state index contributed by atoms with van der Waals surface area (Å²) >= 11 is 0. The highest BCUT2D eigenvalue weighted by Crippen LogP contribution is 1.88. The van der Waals surface area contributed by atoms with Crippen molar-refractivity contribution in [3.8, 4) is 0 Å². The quantitative estimate of drug-likeness (QED) is 0.467. The van der Waals surface area contributed by atoms with Crippen molar-refractivity contribution in [1.29, 1.82) is 0 Å². The van der Waals surface area contributed by atoms with Crippen LogP contribution in [0.3, 0.4) is 0 Å². The molecule has 0 aromatic heterocycles. The average molecular weight is 130 g/mol. The molecule has 4 N–H and O–H groups in total. The van der Waals surface area contributed by atoms with Crippen molar-refractivity contribution < 1.29 is 9.59 Å². The van der Waals surface area contributed by atoms with Crippen LogP contribution in [0.4, 0.5) is 0 Å². The van der Waals surface area contributed by atoms with Gasteiger partial charge in [-0.25, -0.2) is 0 Å². The molecular weight excluding hydrogens is 120 g/mol. The van der Waals surface area contributed by atoms with Crippen LogP contribution in [-0.4, -0.2) is 18.2 Å². The van der Waals surface area contributed by atoms with Gasteiger partial charge in [-0.2, -0.15) is 0 Å². The third-order valence-corrected chi connectivity index (χ3v) is 0.961. The summed E-state index contributed by atoms with van der Waals surface area (Å²) in [6.45, 7) is 0. The van der Waals surface area contributed by atoms with Gasteiger partial charge in [0, 0.05) is 6.42 Å². The molecule has 1 unspecified atom stereocenters. The topological polar surface area (TPSA) is 86.2 Å². The van der Waals surface area contributed by atoms with Gasteiger partial charge in [-0.3, -0.25) is 4.79 Å². The van der Waals surface area contributed by atoms with Gasteiger partial charge in [0.05, 0.1) is 6.04 Å². The summed E-state index contributed by atoms with van der Waals surface area (Å²) in [6.07, 6.45) is 1.35. The SMILES string of the molecule is NC(=O)C(N)CCC=O. The van der Waals surface area contributed by atoms with Crippen molar-refractivity contribution >= 4 is 12.2 Å². The molecule has 0 aromatic rings. The van der Waals surface area contributed by atoms with Crippen LogP contribution in [0.25, 0.3) is 0 Å². The van der Waals surface area contributed by atoms with Crippen molar-refractivity contribution in [3.63, 3.8) is 0 Å². The van der Waals surface area contributed by atoms with Crippen LogP contribution < -0.4 is 11.5 Å². The summed E-state index contributed by atoms with van der Waals surface area (Å²) < 4.78 is 0. The number of hydrogen-bond acceptors (Lipinski definition) is 3. The molecule has 0 fully saturated rings. The lowest BCUT2D eigenvalue weighted by atomic mass is 10.2. The second-order valence-corrected chi connectivity index (χ2v) is 1.75. The van der Waals surface area contributed by atoms with E-state index in [1.807, 2.05) is 0 Å². The molecule has 4 heteroatoms. The second kappa shape index (κ2) is 4.03. The van der Waals surface area contributed by atoms with Gasteiger partial charge in [0.25, 0.3) is 0 Å². The van der Waals surface area contributed by atoms with Gasteiger partial charge < -0.3 is 16.3 Å². The van der Waals surface area contributed by atoms with E-state index in [4.69, 9.17) is 11.5 Å². The Balaban J connectivity index is 3.37. The van der Waals surface area contributed by atoms with Crippen molar-refractivity contribution in [2.75, 3.05) is 0 Å². The van der Waals surface area contributed by atoms with Gasteiger partial charge in [-0.05, 0) is 6.42 Å². The molecule has 0 aromatic carbocycles. The Morgan fingerprint density at radius 1 is 1.67 bits per heavy atom. The standard InChI is InChI=1S/C5H10N2O2/c6-4(5(7)9)2-1-3-8/h3-4H,1-2,6H2,(H2,7,9). The smallest absolute Gasteiger partial charge is 0.234 e. The number of hydrogen-bond donors (Lipinski definition) is 2. The van der Waals surface area contributed by atoms with E-state index in [9.17, 15) is 9.59 Å². The number of carbonyl (C=O) groups is 2. The van der Waals surface area contributed by atoms with Crippen LogP contribution in [0, 0.1) is 0 Å². The lowest BCUT2D eigenvalue weighted by Crippen LogP contribution is -2.36. The van der Waals surface area contributed by atoms with Crippen molar-refractivity contribution in [3.05, 3.63) is 0 Å². The predicted molar refractivity (Wildman–Crippen MR) is 32.5 cm³/mol. The number of amides is 1. The van der Waals surface area contributed by atoms with Crippen LogP contribution in [-0.2, 0) is 9.59 Å². The first-order valence-corrected chi connectivity index (χ1v) is 2.67. The molecule has 0 aliphatic heterocycles. The predicted octanol–water partition coefficient (Wildman–Crippen LogP) is -1.22. The summed E-state index contributed by atoms with van der Waals surface area (Å²) in [6, 6.07) is -0.671. The van der Waals surface area contributed by atoms with Crippen LogP contribution in [0.5, 0.6) is 0 Å². The first-order chi connectivity index (χ1) is 4.18. The zero-order valence-electron chi connectivity index (χ0n) is 5.04. The summed E-state index contributed by atoms with van der Waals surface area (Å²) in [7, 11) is 0. The number of rotatable bonds is 4. The van der Waals surface area contributed by atoms with Crippen LogP contribution in [0.15, 0.2) is 0 Å². The van der Waals surface area contributed by atoms with E-state index in [2.05, 4.69) is 0 Å². The Morgan fingerprint density at radius 3 is 2.56 bits per heavy atom. The molecule has 0 spiro atoms. The van der Waals surface area contributed by atoms with Gasteiger partial charge in [0.1, 0.15) is 6.29 Å². The summed E-state index contributed by atoms with van der Waals surface area (Å²) in [4.78, 5) is 19.9. The minimum Gasteiger partial charge on any atom is -0.368 e. The molecule has 1 atom stereocenters. The molecule has 0 saturated heterocycles. The first kappa shape index (κ1) is 8.10.